The van der Waals surface area contributed by atoms with Crippen LogP contribution in [0.4, 0.5) is 5.95 Å². The van der Waals surface area contributed by atoms with E-state index < -0.39 is 6.10 Å². The van der Waals surface area contributed by atoms with Gasteiger partial charge in [-0.15, -0.1) is 0 Å². The fourth-order valence-corrected chi connectivity index (χ4v) is 1.39. The molecule has 1 aromatic rings. The highest BCUT2D eigenvalue weighted by Gasteiger charge is 2.07. The minimum atomic E-state index is -0.594. The van der Waals surface area contributed by atoms with Crippen molar-refractivity contribution < 1.29 is 14.6 Å². The van der Waals surface area contributed by atoms with Crippen molar-refractivity contribution >= 4 is 21.9 Å². The zero-order valence-corrected chi connectivity index (χ0v) is 10.7. The smallest absolute Gasteiger partial charge is 0.232 e. The van der Waals surface area contributed by atoms with Crippen molar-refractivity contribution in [1.29, 1.82) is 0 Å². The van der Waals surface area contributed by atoms with Crippen molar-refractivity contribution in [2.24, 2.45) is 0 Å². The maximum Gasteiger partial charge on any atom is 0.232 e. The van der Waals surface area contributed by atoms with Gasteiger partial charge in [0.2, 0.25) is 11.8 Å². The molecule has 90 valence electrons. The quantitative estimate of drug-likeness (QED) is 0.802. The number of aliphatic hydroxyl groups is 1. The molecule has 2 N–H and O–H groups in total. The summed E-state index contributed by atoms with van der Waals surface area (Å²) in [5.41, 5.74) is 0. The lowest BCUT2D eigenvalue weighted by atomic mass is 10.4. The summed E-state index contributed by atoms with van der Waals surface area (Å²) in [6.07, 6.45) is 0.986. The van der Waals surface area contributed by atoms with Gasteiger partial charge in [-0.2, -0.15) is 4.98 Å². The van der Waals surface area contributed by atoms with Crippen LogP contribution in [0.5, 0.6) is 5.88 Å². The van der Waals surface area contributed by atoms with Gasteiger partial charge in [-0.1, -0.05) is 0 Å². The van der Waals surface area contributed by atoms with E-state index in [2.05, 4.69) is 31.2 Å². The minimum absolute atomic E-state index is 0.265. The van der Waals surface area contributed by atoms with Gasteiger partial charge in [0, 0.05) is 13.7 Å². The van der Waals surface area contributed by atoms with Crippen molar-refractivity contribution in [2.45, 2.75) is 6.10 Å². The van der Waals surface area contributed by atoms with Crippen LogP contribution in [0.15, 0.2) is 10.7 Å². The predicted octanol–water partition coefficient (Wildman–Crippen LogP) is 0.667. The van der Waals surface area contributed by atoms with Crippen molar-refractivity contribution in [3.63, 3.8) is 0 Å². The SMILES string of the molecule is COCC(O)CNc1ncc(Br)c(OC)n1. The van der Waals surface area contributed by atoms with Gasteiger partial charge in [-0.3, -0.25) is 0 Å². The van der Waals surface area contributed by atoms with E-state index in [0.717, 1.165) is 0 Å². The van der Waals surface area contributed by atoms with E-state index in [1.54, 1.807) is 6.20 Å². The van der Waals surface area contributed by atoms with Crippen molar-refractivity contribution in [3.8, 4) is 5.88 Å². The van der Waals surface area contributed by atoms with Gasteiger partial charge in [0.25, 0.3) is 0 Å². The molecule has 0 fully saturated rings. The standard InChI is InChI=1S/C9H14BrN3O3/c1-15-5-6(14)3-11-9-12-4-7(10)8(13-9)16-2/h4,6,14H,3,5H2,1-2H3,(H,11,12,13). The molecule has 7 heteroatoms. The van der Waals surface area contributed by atoms with Gasteiger partial charge >= 0.3 is 0 Å². The van der Waals surface area contributed by atoms with Crippen LogP contribution in [0.3, 0.4) is 0 Å². The number of hydrogen-bond acceptors (Lipinski definition) is 6. The molecular weight excluding hydrogens is 278 g/mol. The number of aliphatic hydroxyl groups excluding tert-OH is 1. The first kappa shape index (κ1) is 13.1. The summed E-state index contributed by atoms with van der Waals surface area (Å²) >= 11 is 3.25. The zero-order valence-electron chi connectivity index (χ0n) is 9.11. The Kier molecular flexibility index (Phi) is 5.44. The lowest BCUT2D eigenvalue weighted by Gasteiger charge is -2.11. The highest BCUT2D eigenvalue weighted by atomic mass is 79.9. The van der Waals surface area contributed by atoms with Crippen LogP contribution >= 0.6 is 15.9 Å². The predicted molar refractivity (Wildman–Crippen MR) is 62.7 cm³/mol. The third-order valence-corrected chi connectivity index (χ3v) is 2.30. The minimum Gasteiger partial charge on any atom is -0.480 e. The molecular formula is C9H14BrN3O3. The molecule has 0 spiro atoms. The molecule has 1 atom stereocenters. The second kappa shape index (κ2) is 6.62. The highest BCUT2D eigenvalue weighted by Crippen LogP contribution is 2.21. The van der Waals surface area contributed by atoms with Crippen LogP contribution < -0.4 is 10.1 Å². The fraction of sp³-hybridized carbons (Fsp3) is 0.556. The van der Waals surface area contributed by atoms with Crippen LogP contribution in [-0.2, 0) is 4.74 Å². The molecule has 1 unspecified atom stereocenters. The first-order valence-electron chi connectivity index (χ1n) is 4.64. The molecule has 0 aromatic carbocycles. The maximum atomic E-state index is 9.41. The lowest BCUT2D eigenvalue weighted by molar-refractivity contribution is 0.0726. The third kappa shape index (κ3) is 3.92. The van der Waals surface area contributed by atoms with Crippen LogP contribution in [0.1, 0.15) is 0 Å². The molecule has 0 amide bonds. The number of methoxy groups -OCH3 is 2. The number of rotatable bonds is 6. The first-order valence-corrected chi connectivity index (χ1v) is 5.44. The van der Waals surface area contributed by atoms with E-state index in [1.165, 1.54) is 14.2 Å². The van der Waals surface area contributed by atoms with E-state index in [0.29, 0.717) is 22.8 Å². The molecule has 16 heavy (non-hydrogen) atoms. The Labute approximate surface area is 102 Å². The van der Waals surface area contributed by atoms with E-state index in [1.807, 2.05) is 0 Å². The van der Waals surface area contributed by atoms with Crippen LogP contribution in [-0.4, -0.2) is 48.5 Å². The highest BCUT2D eigenvalue weighted by molar-refractivity contribution is 9.10. The van der Waals surface area contributed by atoms with E-state index in [4.69, 9.17) is 9.47 Å². The van der Waals surface area contributed by atoms with Gasteiger partial charge < -0.3 is 19.9 Å². The molecule has 0 saturated heterocycles. The van der Waals surface area contributed by atoms with Crippen molar-refractivity contribution in [3.05, 3.63) is 10.7 Å². The largest absolute Gasteiger partial charge is 0.480 e. The summed E-state index contributed by atoms with van der Waals surface area (Å²) in [6.45, 7) is 0.583. The Morgan fingerprint density at radius 1 is 1.56 bits per heavy atom. The zero-order chi connectivity index (χ0) is 12.0. The van der Waals surface area contributed by atoms with Crippen molar-refractivity contribution in [2.75, 3.05) is 32.7 Å². The van der Waals surface area contributed by atoms with Crippen LogP contribution in [0.25, 0.3) is 0 Å². The van der Waals surface area contributed by atoms with E-state index in [9.17, 15) is 5.11 Å². The Bertz CT molecular complexity index is 338. The van der Waals surface area contributed by atoms with Crippen LogP contribution in [0.2, 0.25) is 0 Å². The van der Waals surface area contributed by atoms with Crippen molar-refractivity contribution in [1.82, 2.24) is 9.97 Å². The Hall–Kier alpha value is -0.920. The second-order valence-electron chi connectivity index (χ2n) is 3.04. The molecule has 1 aromatic heterocycles. The average Bonchev–Trinajstić information content (AvgIpc) is 2.28. The molecule has 0 aliphatic carbocycles. The number of nitrogens with zero attached hydrogens (tertiary/aromatic N) is 2. The number of hydrogen-bond donors (Lipinski definition) is 2. The summed E-state index contributed by atoms with van der Waals surface area (Å²) < 4.78 is 10.5. The molecule has 0 saturated carbocycles. The topological polar surface area (TPSA) is 76.5 Å². The molecule has 1 rings (SSSR count). The maximum absolute atomic E-state index is 9.41. The summed E-state index contributed by atoms with van der Waals surface area (Å²) in [7, 11) is 3.05. The molecule has 0 bridgehead atoms. The molecule has 0 aliphatic heterocycles. The number of nitrogens with one attached hydrogen (secondary N) is 1. The summed E-state index contributed by atoms with van der Waals surface area (Å²) in [5.74, 6) is 0.842. The van der Waals surface area contributed by atoms with Gasteiger partial charge in [0.15, 0.2) is 0 Å². The Morgan fingerprint density at radius 2 is 2.31 bits per heavy atom. The van der Waals surface area contributed by atoms with Gasteiger partial charge in [-0.05, 0) is 15.9 Å². The third-order valence-electron chi connectivity index (χ3n) is 1.76. The Balaban J connectivity index is 2.54. The fourth-order valence-electron chi connectivity index (χ4n) is 1.04. The van der Waals surface area contributed by atoms with Gasteiger partial charge in [-0.25, -0.2) is 4.98 Å². The average molecular weight is 292 g/mol. The summed E-state index contributed by atoms with van der Waals surface area (Å²) in [5, 5.41) is 12.3. The second-order valence-corrected chi connectivity index (χ2v) is 3.90. The lowest BCUT2D eigenvalue weighted by Crippen LogP contribution is -2.24. The molecule has 0 radical (unpaired) electrons. The van der Waals surface area contributed by atoms with E-state index >= 15 is 0 Å². The Morgan fingerprint density at radius 3 is 2.94 bits per heavy atom. The number of anilines is 1. The number of halogens is 1. The molecule has 6 nitrogen and oxygen atoms in total. The van der Waals surface area contributed by atoms with Gasteiger partial charge in [0.05, 0.1) is 30.5 Å². The van der Waals surface area contributed by atoms with E-state index in [-0.39, 0.29) is 6.61 Å². The van der Waals surface area contributed by atoms with Crippen LogP contribution in [0, 0.1) is 0 Å². The molecule has 0 aliphatic rings. The monoisotopic (exact) mass is 291 g/mol. The van der Waals surface area contributed by atoms with Gasteiger partial charge in [0.1, 0.15) is 0 Å². The normalized spacial score (nSPS) is 12.2. The molecule has 1 heterocycles. The number of ether oxygens (including phenoxy) is 2. The summed E-state index contributed by atoms with van der Waals surface area (Å²) in [6, 6.07) is 0. The number of aromatic nitrogens is 2. The first-order chi connectivity index (χ1) is 7.67. The summed E-state index contributed by atoms with van der Waals surface area (Å²) in [4.78, 5) is 8.10.